The molecule has 0 aromatic carbocycles. The van der Waals surface area contributed by atoms with Crippen molar-refractivity contribution in [3.63, 3.8) is 0 Å². The lowest BCUT2D eigenvalue weighted by Gasteiger charge is -2.23. The highest BCUT2D eigenvalue weighted by Gasteiger charge is 2.24. The molecular formula is C13H22N2S. The van der Waals surface area contributed by atoms with Crippen LogP contribution < -0.4 is 5.32 Å². The zero-order chi connectivity index (χ0) is 11.4. The van der Waals surface area contributed by atoms with Crippen LogP contribution in [0.15, 0.2) is 5.38 Å². The van der Waals surface area contributed by atoms with Crippen LogP contribution in [-0.4, -0.2) is 17.6 Å². The van der Waals surface area contributed by atoms with Gasteiger partial charge in [0, 0.05) is 17.8 Å². The molecule has 1 atom stereocenters. The van der Waals surface area contributed by atoms with Crippen molar-refractivity contribution >= 4 is 11.3 Å². The average Bonchev–Trinajstić information content (AvgIpc) is 2.88. The molecule has 1 fully saturated rings. The molecule has 0 aliphatic heterocycles. The van der Waals surface area contributed by atoms with E-state index in [0.29, 0.717) is 6.04 Å². The second-order valence-electron chi connectivity index (χ2n) is 4.77. The molecule has 2 rings (SSSR count). The SMILES string of the molecule is CCNC(Cc1csc(C)n1)C1CCCC1. The molecule has 1 aliphatic rings. The minimum atomic E-state index is 0.647. The normalized spacial score (nSPS) is 19.1. The van der Waals surface area contributed by atoms with Gasteiger partial charge in [-0.3, -0.25) is 0 Å². The maximum atomic E-state index is 4.58. The molecular weight excluding hydrogens is 216 g/mol. The lowest BCUT2D eigenvalue weighted by atomic mass is 9.94. The van der Waals surface area contributed by atoms with Crippen LogP contribution in [0.3, 0.4) is 0 Å². The van der Waals surface area contributed by atoms with Crippen LogP contribution in [0.25, 0.3) is 0 Å². The summed E-state index contributed by atoms with van der Waals surface area (Å²) < 4.78 is 0. The molecule has 0 radical (unpaired) electrons. The molecule has 1 saturated carbocycles. The minimum absolute atomic E-state index is 0.647. The van der Waals surface area contributed by atoms with Crippen molar-refractivity contribution in [2.45, 2.75) is 52.0 Å². The van der Waals surface area contributed by atoms with E-state index in [9.17, 15) is 0 Å². The van der Waals surface area contributed by atoms with E-state index in [1.807, 2.05) is 0 Å². The summed E-state index contributed by atoms with van der Waals surface area (Å²) in [6.45, 7) is 5.37. The van der Waals surface area contributed by atoms with Gasteiger partial charge in [-0.15, -0.1) is 11.3 Å². The van der Waals surface area contributed by atoms with E-state index in [1.54, 1.807) is 11.3 Å². The quantitative estimate of drug-likeness (QED) is 0.852. The molecule has 0 spiro atoms. The average molecular weight is 238 g/mol. The number of aromatic nitrogens is 1. The maximum Gasteiger partial charge on any atom is 0.0897 e. The van der Waals surface area contributed by atoms with Gasteiger partial charge in [-0.25, -0.2) is 4.98 Å². The van der Waals surface area contributed by atoms with Crippen LogP contribution in [0.2, 0.25) is 0 Å². The van der Waals surface area contributed by atoms with Gasteiger partial charge < -0.3 is 5.32 Å². The Morgan fingerprint density at radius 2 is 2.25 bits per heavy atom. The van der Waals surface area contributed by atoms with E-state index in [0.717, 1.165) is 18.9 Å². The Morgan fingerprint density at radius 1 is 1.50 bits per heavy atom. The number of nitrogens with zero attached hydrogens (tertiary/aromatic N) is 1. The third-order valence-electron chi connectivity index (χ3n) is 3.53. The number of thiazole rings is 1. The number of likely N-dealkylation sites (N-methyl/N-ethyl adjacent to an activating group) is 1. The minimum Gasteiger partial charge on any atom is -0.314 e. The Bertz CT molecular complexity index is 315. The van der Waals surface area contributed by atoms with E-state index >= 15 is 0 Å². The van der Waals surface area contributed by atoms with Gasteiger partial charge in [-0.05, 0) is 32.2 Å². The van der Waals surface area contributed by atoms with Gasteiger partial charge in [0.15, 0.2) is 0 Å². The summed E-state index contributed by atoms with van der Waals surface area (Å²) >= 11 is 1.77. The van der Waals surface area contributed by atoms with E-state index in [1.165, 1.54) is 36.4 Å². The third-order valence-corrected chi connectivity index (χ3v) is 4.35. The summed E-state index contributed by atoms with van der Waals surface area (Å²) in [6.07, 6.45) is 6.76. The van der Waals surface area contributed by atoms with Crippen molar-refractivity contribution in [2.75, 3.05) is 6.54 Å². The zero-order valence-electron chi connectivity index (χ0n) is 10.3. The highest BCUT2D eigenvalue weighted by atomic mass is 32.1. The Balaban J connectivity index is 1.96. The Hall–Kier alpha value is -0.410. The Labute approximate surface area is 102 Å². The van der Waals surface area contributed by atoms with Crippen LogP contribution >= 0.6 is 11.3 Å². The summed E-state index contributed by atoms with van der Waals surface area (Å²) in [4.78, 5) is 4.58. The Kier molecular flexibility index (Phi) is 4.36. The molecule has 1 unspecified atom stereocenters. The van der Waals surface area contributed by atoms with Crippen LogP contribution in [0.4, 0.5) is 0 Å². The van der Waals surface area contributed by atoms with Gasteiger partial charge in [-0.2, -0.15) is 0 Å². The van der Waals surface area contributed by atoms with Gasteiger partial charge in [0.2, 0.25) is 0 Å². The summed E-state index contributed by atoms with van der Waals surface area (Å²) in [5, 5.41) is 7.06. The first-order valence-electron chi connectivity index (χ1n) is 6.44. The molecule has 0 saturated heterocycles. The zero-order valence-corrected chi connectivity index (χ0v) is 11.1. The van der Waals surface area contributed by atoms with Gasteiger partial charge in [0.05, 0.1) is 10.7 Å². The number of rotatable bonds is 5. The first-order valence-corrected chi connectivity index (χ1v) is 7.32. The molecule has 16 heavy (non-hydrogen) atoms. The van der Waals surface area contributed by atoms with Gasteiger partial charge in [-0.1, -0.05) is 19.8 Å². The van der Waals surface area contributed by atoms with Crippen molar-refractivity contribution in [1.29, 1.82) is 0 Å². The molecule has 1 aliphatic carbocycles. The number of aryl methyl sites for hydroxylation is 1. The summed E-state index contributed by atoms with van der Waals surface area (Å²) in [6, 6.07) is 0.647. The second kappa shape index (κ2) is 5.78. The Morgan fingerprint density at radius 3 is 2.81 bits per heavy atom. The molecule has 3 heteroatoms. The van der Waals surface area contributed by atoms with Crippen molar-refractivity contribution in [2.24, 2.45) is 5.92 Å². The molecule has 1 aromatic rings. The first kappa shape index (κ1) is 12.1. The predicted octanol–water partition coefficient (Wildman–Crippen LogP) is 3.16. The van der Waals surface area contributed by atoms with E-state index in [4.69, 9.17) is 0 Å². The lowest BCUT2D eigenvalue weighted by Crippen LogP contribution is -2.37. The molecule has 90 valence electrons. The summed E-state index contributed by atoms with van der Waals surface area (Å²) in [5.74, 6) is 0.877. The third kappa shape index (κ3) is 3.05. The first-order chi connectivity index (χ1) is 7.79. The van der Waals surface area contributed by atoms with Crippen molar-refractivity contribution in [1.82, 2.24) is 10.3 Å². The highest BCUT2D eigenvalue weighted by molar-refractivity contribution is 7.09. The summed E-state index contributed by atoms with van der Waals surface area (Å²) in [7, 11) is 0. The maximum absolute atomic E-state index is 4.58. The topological polar surface area (TPSA) is 24.9 Å². The molecule has 2 nitrogen and oxygen atoms in total. The summed E-state index contributed by atoms with van der Waals surface area (Å²) in [5.41, 5.74) is 1.28. The van der Waals surface area contributed by atoms with Crippen LogP contribution in [-0.2, 0) is 6.42 Å². The highest BCUT2D eigenvalue weighted by Crippen LogP contribution is 2.29. The van der Waals surface area contributed by atoms with Crippen LogP contribution in [0.1, 0.15) is 43.3 Å². The standard InChI is InChI=1S/C13H22N2S/c1-3-14-13(11-6-4-5-7-11)8-12-9-16-10(2)15-12/h9,11,13-14H,3-8H2,1-2H3. The van der Waals surface area contributed by atoms with Crippen LogP contribution in [0.5, 0.6) is 0 Å². The molecule has 0 amide bonds. The number of hydrogen-bond donors (Lipinski definition) is 1. The monoisotopic (exact) mass is 238 g/mol. The van der Waals surface area contributed by atoms with Crippen molar-refractivity contribution in [3.05, 3.63) is 16.1 Å². The second-order valence-corrected chi connectivity index (χ2v) is 5.83. The fourth-order valence-electron chi connectivity index (χ4n) is 2.75. The van der Waals surface area contributed by atoms with Gasteiger partial charge in [0.1, 0.15) is 0 Å². The van der Waals surface area contributed by atoms with E-state index < -0.39 is 0 Å². The lowest BCUT2D eigenvalue weighted by molar-refractivity contribution is 0.360. The smallest absolute Gasteiger partial charge is 0.0897 e. The molecule has 1 aromatic heterocycles. The number of hydrogen-bond acceptors (Lipinski definition) is 3. The van der Waals surface area contributed by atoms with Gasteiger partial charge >= 0.3 is 0 Å². The fourth-order valence-corrected chi connectivity index (χ4v) is 3.38. The van der Waals surface area contributed by atoms with E-state index in [-0.39, 0.29) is 0 Å². The van der Waals surface area contributed by atoms with Crippen molar-refractivity contribution < 1.29 is 0 Å². The van der Waals surface area contributed by atoms with Crippen molar-refractivity contribution in [3.8, 4) is 0 Å². The van der Waals surface area contributed by atoms with Gasteiger partial charge in [0.25, 0.3) is 0 Å². The van der Waals surface area contributed by atoms with Crippen LogP contribution in [0, 0.1) is 12.8 Å². The predicted molar refractivity (Wildman–Crippen MR) is 70.0 cm³/mol. The fraction of sp³-hybridized carbons (Fsp3) is 0.769. The molecule has 1 N–H and O–H groups in total. The molecule has 0 bridgehead atoms. The molecule has 1 heterocycles. The largest absolute Gasteiger partial charge is 0.314 e. The van der Waals surface area contributed by atoms with E-state index in [2.05, 4.69) is 29.5 Å². The number of nitrogens with one attached hydrogen (secondary N) is 1.